The van der Waals surface area contributed by atoms with Gasteiger partial charge in [-0.1, -0.05) is 6.07 Å². The van der Waals surface area contributed by atoms with Crippen LogP contribution in [0.3, 0.4) is 0 Å². The number of hydrogen-bond acceptors (Lipinski definition) is 3. The molecule has 2 N–H and O–H groups in total. The average molecular weight is 260 g/mol. The van der Waals surface area contributed by atoms with Gasteiger partial charge in [0, 0.05) is 29.6 Å². The normalized spacial score (nSPS) is 12.8. The second-order valence-electron chi connectivity index (χ2n) is 4.15. The van der Waals surface area contributed by atoms with Crippen molar-refractivity contribution in [2.45, 2.75) is 6.04 Å². The molecule has 0 radical (unpaired) electrons. The highest BCUT2D eigenvalue weighted by Gasteiger charge is 2.18. The van der Waals surface area contributed by atoms with E-state index in [0.717, 1.165) is 6.07 Å². The van der Waals surface area contributed by atoms with Gasteiger partial charge < -0.3 is 5.73 Å². The number of rotatable bonds is 2. The molecule has 0 amide bonds. The van der Waals surface area contributed by atoms with Gasteiger partial charge >= 0.3 is 0 Å². The van der Waals surface area contributed by atoms with Crippen molar-refractivity contribution in [1.29, 1.82) is 0 Å². The first-order chi connectivity index (χ1) is 9.16. The summed E-state index contributed by atoms with van der Waals surface area (Å²) in [7, 11) is 0. The van der Waals surface area contributed by atoms with E-state index >= 15 is 0 Å². The van der Waals surface area contributed by atoms with Crippen molar-refractivity contribution in [1.82, 2.24) is 14.6 Å². The molecule has 96 valence electrons. The van der Waals surface area contributed by atoms with Crippen LogP contribution in [0.4, 0.5) is 8.78 Å². The molecule has 3 rings (SSSR count). The van der Waals surface area contributed by atoms with Crippen molar-refractivity contribution in [3.63, 3.8) is 0 Å². The van der Waals surface area contributed by atoms with E-state index in [1.165, 1.54) is 12.1 Å². The lowest BCUT2D eigenvalue weighted by Gasteiger charge is -2.11. The van der Waals surface area contributed by atoms with Crippen LogP contribution < -0.4 is 5.73 Å². The minimum atomic E-state index is -0.720. The van der Waals surface area contributed by atoms with Crippen LogP contribution in [0.1, 0.15) is 17.2 Å². The molecule has 2 heterocycles. The first-order valence-electron chi connectivity index (χ1n) is 5.64. The van der Waals surface area contributed by atoms with Gasteiger partial charge in [-0.2, -0.15) is 5.10 Å². The number of hydrogen-bond donors (Lipinski definition) is 1. The van der Waals surface area contributed by atoms with Gasteiger partial charge in [-0.3, -0.25) is 4.98 Å². The van der Waals surface area contributed by atoms with Gasteiger partial charge in [-0.15, -0.1) is 0 Å². The fourth-order valence-electron chi connectivity index (χ4n) is 2.01. The Morgan fingerprint density at radius 3 is 2.79 bits per heavy atom. The number of halogens is 2. The van der Waals surface area contributed by atoms with E-state index in [1.807, 2.05) is 0 Å². The van der Waals surface area contributed by atoms with E-state index in [0.29, 0.717) is 11.1 Å². The first-order valence-corrected chi connectivity index (χ1v) is 5.64. The lowest BCUT2D eigenvalue weighted by molar-refractivity contribution is 0.566. The summed E-state index contributed by atoms with van der Waals surface area (Å²) in [5.41, 5.74) is 7.59. The molecule has 1 unspecified atom stereocenters. The summed E-state index contributed by atoms with van der Waals surface area (Å²) in [6, 6.07) is 2.62. The van der Waals surface area contributed by atoms with Crippen LogP contribution in [0.25, 0.3) is 5.52 Å². The van der Waals surface area contributed by atoms with Gasteiger partial charge in [0.2, 0.25) is 0 Å². The Hall–Kier alpha value is -2.34. The zero-order valence-corrected chi connectivity index (χ0v) is 9.79. The third-order valence-electron chi connectivity index (χ3n) is 2.99. The Morgan fingerprint density at radius 1 is 1.16 bits per heavy atom. The molecule has 1 atom stereocenters. The summed E-state index contributed by atoms with van der Waals surface area (Å²) in [5.74, 6) is -1.30. The van der Waals surface area contributed by atoms with E-state index in [2.05, 4.69) is 10.1 Å². The molecule has 19 heavy (non-hydrogen) atoms. The molecule has 3 aromatic rings. The minimum absolute atomic E-state index is 0.222. The van der Waals surface area contributed by atoms with Gasteiger partial charge in [-0.05, 0) is 6.07 Å². The molecule has 0 aliphatic rings. The Kier molecular flexibility index (Phi) is 2.72. The molecule has 0 bridgehead atoms. The van der Waals surface area contributed by atoms with E-state index in [-0.39, 0.29) is 5.56 Å². The Morgan fingerprint density at radius 2 is 2.00 bits per heavy atom. The van der Waals surface area contributed by atoms with Crippen LogP contribution in [0, 0.1) is 11.6 Å². The van der Waals surface area contributed by atoms with Crippen molar-refractivity contribution >= 4 is 5.52 Å². The highest BCUT2D eigenvalue weighted by atomic mass is 19.1. The van der Waals surface area contributed by atoms with E-state index in [4.69, 9.17) is 5.73 Å². The van der Waals surface area contributed by atoms with E-state index in [1.54, 1.807) is 29.3 Å². The van der Waals surface area contributed by atoms with Crippen molar-refractivity contribution in [2.24, 2.45) is 5.73 Å². The van der Waals surface area contributed by atoms with Crippen molar-refractivity contribution in [3.05, 3.63) is 65.7 Å². The molecule has 4 nitrogen and oxygen atoms in total. The molecule has 2 aromatic heterocycles. The van der Waals surface area contributed by atoms with Crippen LogP contribution >= 0.6 is 0 Å². The van der Waals surface area contributed by atoms with Crippen molar-refractivity contribution < 1.29 is 8.78 Å². The molecule has 0 aliphatic carbocycles. The topological polar surface area (TPSA) is 56.2 Å². The predicted molar refractivity (Wildman–Crippen MR) is 65.4 cm³/mol. The second-order valence-corrected chi connectivity index (χ2v) is 4.15. The second kappa shape index (κ2) is 4.40. The quantitative estimate of drug-likeness (QED) is 0.767. The van der Waals surface area contributed by atoms with Crippen LogP contribution in [0.2, 0.25) is 0 Å². The summed E-state index contributed by atoms with van der Waals surface area (Å²) < 4.78 is 28.2. The van der Waals surface area contributed by atoms with Gasteiger partial charge in [-0.25, -0.2) is 13.3 Å². The molecule has 0 aliphatic heterocycles. The van der Waals surface area contributed by atoms with Gasteiger partial charge in [0.05, 0.1) is 24.0 Å². The van der Waals surface area contributed by atoms with E-state index < -0.39 is 17.7 Å². The maximum Gasteiger partial charge on any atom is 0.131 e. The van der Waals surface area contributed by atoms with Crippen LogP contribution in [-0.4, -0.2) is 14.6 Å². The summed E-state index contributed by atoms with van der Waals surface area (Å²) in [5, 5.41) is 4.11. The third kappa shape index (κ3) is 1.96. The Bertz CT molecular complexity index is 738. The minimum Gasteiger partial charge on any atom is -0.320 e. The maximum atomic E-state index is 13.7. The van der Waals surface area contributed by atoms with Gasteiger partial charge in [0.15, 0.2) is 0 Å². The number of benzene rings is 1. The van der Waals surface area contributed by atoms with Gasteiger partial charge in [0.1, 0.15) is 11.6 Å². The number of nitrogens with zero attached hydrogens (tertiary/aromatic N) is 3. The SMILES string of the molecule is NC(c1ccc(F)cc1F)c1cnn2ccncc12. The molecular weight excluding hydrogens is 250 g/mol. The monoisotopic (exact) mass is 260 g/mol. The molecule has 0 spiro atoms. The van der Waals surface area contributed by atoms with E-state index in [9.17, 15) is 8.78 Å². The zero-order chi connectivity index (χ0) is 13.4. The largest absolute Gasteiger partial charge is 0.320 e. The highest BCUT2D eigenvalue weighted by Crippen LogP contribution is 2.25. The van der Waals surface area contributed by atoms with Crippen LogP contribution in [0.15, 0.2) is 43.0 Å². The first kappa shape index (κ1) is 11.7. The fourth-order valence-corrected chi connectivity index (χ4v) is 2.01. The van der Waals surface area contributed by atoms with Gasteiger partial charge in [0.25, 0.3) is 0 Å². The number of nitrogens with two attached hydrogens (primary N) is 1. The molecule has 0 fully saturated rings. The standard InChI is InChI=1S/C13H10F2N4/c14-8-1-2-9(11(15)5-8)13(16)10-6-18-19-4-3-17-7-12(10)19/h1-7,13H,16H2. The summed E-state index contributed by atoms with van der Waals surface area (Å²) >= 11 is 0. The highest BCUT2D eigenvalue weighted by molar-refractivity contribution is 5.55. The number of fused-ring (bicyclic) bond motifs is 1. The number of aromatic nitrogens is 3. The summed E-state index contributed by atoms with van der Waals surface area (Å²) in [6.07, 6.45) is 6.43. The van der Waals surface area contributed by atoms with Crippen molar-refractivity contribution in [2.75, 3.05) is 0 Å². The Labute approximate surface area is 107 Å². The Balaban J connectivity index is 2.10. The summed E-state index contributed by atoms with van der Waals surface area (Å²) in [6.45, 7) is 0. The lowest BCUT2D eigenvalue weighted by atomic mass is 10.0. The molecular formula is C13H10F2N4. The average Bonchev–Trinajstić information content (AvgIpc) is 2.82. The molecule has 1 aromatic carbocycles. The maximum absolute atomic E-state index is 13.7. The third-order valence-corrected chi connectivity index (χ3v) is 2.99. The smallest absolute Gasteiger partial charge is 0.131 e. The fraction of sp³-hybridized carbons (Fsp3) is 0.0769. The summed E-state index contributed by atoms with van der Waals surface area (Å²) in [4.78, 5) is 3.99. The zero-order valence-electron chi connectivity index (χ0n) is 9.79. The lowest BCUT2D eigenvalue weighted by Crippen LogP contribution is -2.13. The van der Waals surface area contributed by atoms with Crippen LogP contribution in [0.5, 0.6) is 0 Å². The molecule has 6 heteroatoms. The predicted octanol–water partition coefficient (Wildman–Crippen LogP) is 2.06. The molecule has 0 saturated heterocycles. The van der Waals surface area contributed by atoms with Crippen molar-refractivity contribution in [3.8, 4) is 0 Å². The molecule has 0 saturated carbocycles. The van der Waals surface area contributed by atoms with Crippen LogP contribution in [-0.2, 0) is 0 Å².